The minimum atomic E-state index is 0.899. The van der Waals surface area contributed by atoms with Gasteiger partial charge in [-0.1, -0.05) is 176 Å². The molecule has 0 aliphatic rings. The predicted octanol–water partition coefficient (Wildman–Crippen LogP) is 16.0. The number of hydrogen-bond acceptors (Lipinski definition) is 2. The normalized spacial score (nSPS) is 11.4. The van der Waals surface area contributed by atoms with E-state index in [1.807, 2.05) is 12.1 Å². The van der Waals surface area contributed by atoms with E-state index in [-0.39, 0.29) is 0 Å². The Kier molecular flexibility index (Phi) is 8.19. The first-order chi connectivity index (χ1) is 28.7. The highest BCUT2D eigenvalue weighted by atomic mass is 16.3. The third kappa shape index (κ3) is 5.91. The number of fused-ring (bicyclic) bond motifs is 6. The Morgan fingerprint density at radius 1 is 0.276 bits per heavy atom. The van der Waals surface area contributed by atoms with Crippen LogP contribution in [-0.4, -0.2) is 0 Å². The zero-order valence-electron chi connectivity index (χ0n) is 31.7. The molecule has 2 nitrogen and oxygen atoms in total. The molecule has 0 atom stereocenters. The average molecular weight is 740 g/mol. The van der Waals surface area contributed by atoms with Crippen LogP contribution in [0.4, 0.5) is 17.1 Å². The van der Waals surface area contributed by atoms with Gasteiger partial charge >= 0.3 is 0 Å². The SMILES string of the molecule is c1ccc(-c2ccc(-c3ccccc3N(c3ccc(-c4ccc5c(c4)oc4ccccc45)cc3)c3ccc(-c4cccc5c4ccc4ccccc45)cc3)cc2)cc1. The van der Waals surface area contributed by atoms with E-state index >= 15 is 0 Å². The zero-order valence-corrected chi connectivity index (χ0v) is 31.7. The molecule has 1 aromatic heterocycles. The van der Waals surface area contributed by atoms with Crippen molar-refractivity contribution in [2.45, 2.75) is 0 Å². The van der Waals surface area contributed by atoms with Crippen molar-refractivity contribution in [1.82, 2.24) is 0 Å². The first-order valence-corrected chi connectivity index (χ1v) is 19.8. The second kappa shape index (κ2) is 14.1. The molecule has 11 aromatic rings. The first-order valence-electron chi connectivity index (χ1n) is 19.8. The lowest BCUT2D eigenvalue weighted by Gasteiger charge is -2.28. The first kappa shape index (κ1) is 33.6. The van der Waals surface area contributed by atoms with Crippen molar-refractivity contribution < 1.29 is 4.42 Å². The molecule has 0 spiro atoms. The summed E-state index contributed by atoms with van der Waals surface area (Å²) >= 11 is 0. The number of furan rings is 1. The summed E-state index contributed by atoms with van der Waals surface area (Å²) in [7, 11) is 0. The van der Waals surface area contributed by atoms with Crippen LogP contribution in [0.3, 0.4) is 0 Å². The van der Waals surface area contributed by atoms with Gasteiger partial charge in [0.1, 0.15) is 11.2 Å². The summed E-state index contributed by atoms with van der Waals surface area (Å²) in [5.74, 6) is 0. The van der Waals surface area contributed by atoms with Crippen LogP contribution in [-0.2, 0) is 0 Å². The molecule has 2 heteroatoms. The molecule has 0 amide bonds. The largest absolute Gasteiger partial charge is 0.456 e. The van der Waals surface area contributed by atoms with Gasteiger partial charge in [-0.25, -0.2) is 0 Å². The topological polar surface area (TPSA) is 16.4 Å². The molecule has 0 saturated carbocycles. The summed E-state index contributed by atoms with van der Waals surface area (Å²) in [6, 6.07) is 80.7. The fourth-order valence-electron chi connectivity index (χ4n) is 8.60. The highest BCUT2D eigenvalue weighted by Gasteiger charge is 2.18. The smallest absolute Gasteiger partial charge is 0.136 e. The second-order valence-corrected chi connectivity index (χ2v) is 14.9. The molecule has 0 fully saturated rings. The van der Waals surface area contributed by atoms with Crippen LogP contribution in [0.2, 0.25) is 0 Å². The lowest BCUT2D eigenvalue weighted by molar-refractivity contribution is 0.669. The second-order valence-electron chi connectivity index (χ2n) is 14.9. The molecule has 0 radical (unpaired) electrons. The minimum absolute atomic E-state index is 0.899. The maximum absolute atomic E-state index is 6.26. The minimum Gasteiger partial charge on any atom is -0.456 e. The molecule has 0 saturated heterocycles. The molecule has 58 heavy (non-hydrogen) atoms. The van der Waals surface area contributed by atoms with Gasteiger partial charge in [0.2, 0.25) is 0 Å². The average Bonchev–Trinajstić information content (AvgIpc) is 3.68. The molecule has 0 unspecified atom stereocenters. The number of benzene rings is 10. The Morgan fingerprint density at radius 2 is 0.793 bits per heavy atom. The fraction of sp³-hybridized carbons (Fsp3) is 0. The van der Waals surface area contributed by atoms with Crippen LogP contribution in [0.15, 0.2) is 229 Å². The van der Waals surface area contributed by atoms with Gasteiger partial charge in [-0.2, -0.15) is 0 Å². The van der Waals surface area contributed by atoms with Crippen LogP contribution >= 0.6 is 0 Å². The molecular weight excluding hydrogens is 703 g/mol. The van der Waals surface area contributed by atoms with Gasteiger partial charge in [0.05, 0.1) is 5.69 Å². The van der Waals surface area contributed by atoms with E-state index in [0.29, 0.717) is 0 Å². The monoisotopic (exact) mass is 739 g/mol. The maximum atomic E-state index is 6.26. The summed E-state index contributed by atoms with van der Waals surface area (Å²) in [4.78, 5) is 2.38. The third-order valence-electron chi connectivity index (χ3n) is 11.5. The molecule has 272 valence electrons. The van der Waals surface area contributed by atoms with Crippen molar-refractivity contribution in [3.05, 3.63) is 224 Å². The van der Waals surface area contributed by atoms with Crippen molar-refractivity contribution in [1.29, 1.82) is 0 Å². The van der Waals surface area contributed by atoms with E-state index in [1.165, 1.54) is 43.8 Å². The Labute approximate surface area is 337 Å². The van der Waals surface area contributed by atoms with Gasteiger partial charge in [0.15, 0.2) is 0 Å². The number of nitrogens with zero attached hydrogens (tertiary/aromatic N) is 1. The van der Waals surface area contributed by atoms with E-state index in [1.54, 1.807) is 0 Å². The van der Waals surface area contributed by atoms with Crippen LogP contribution in [0.25, 0.3) is 88.0 Å². The standard InChI is InChI=1S/C56H37NO/c1-2-11-38(12-3-1)39-21-23-43(24-22-39)49-15-6-8-19-54(49)57(45-31-25-40(26-32-45)44-30-36-53-52-16-7-9-20-55(52)58-56(53)37-44)46-33-27-42(28-34-46)48-17-10-18-50-47-14-5-4-13-41(47)29-35-51(48)50/h1-37H. The maximum Gasteiger partial charge on any atom is 0.136 e. The molecule has 11 rings (SSSR count). The molecule has 0 aliphatic heterocycles. The van der Waals surface area contributed by atoms with E-state index in [2.05, 4.69) is 217 Å². The van der Waals surface area contributed by atoms with E-state index < -0.39 is 0 Å². The lowest BCUT2D eigenvalue weighted by Crippen LogP contribution is -2.11. The van der Waals surface area contributed by atoms with Crippen LogP contribution in [0.5, 0.6) is 0 Å². The van der Waals surface area contributed by atoms with Crippen molar-refractivity contribution in [3.63, 3.8) is 0 Å². The molecule has 1 heterocycles. The fourth-order valence-corrected chi connectivity index (χ4v) is 8.60. The van der Waals surface area contributed by atoms with Crippen LogP contribution in [0.1, 0.15) is 0 Å². The highest BCUT2D eigenvalue weighted by Crippen LogP contribution is 2.43. The quantitative estimate of drug-likeness (QED) is 0.151. The summed E-state index contributed by atoms with van der Waals surface area (Å²) in [6.07, 6.45) is 0. The van der Waals surface area contributed by atoms with Crippen molar-refractivity contribution in [2.24, 2.45) is 0 Å². The highest BCUT2D eigenvalue weighted by molar-refractivity contribution is 6.12. The number of para-hydroxylation sites is 2. The Bertz CT molecular complexity index is 3250. The van der Waals surface area contributed by atoms with E-state index in [0.717, 1.165) is 61.3 Å². The van der Waals surface area contributed by atoms with E-state index in [9.17, 15) is 0 Å². The van der Waals surface area contributed by atoms with Gasteiger partial charge in [-0.15, -0.1) is 0 Å². The molecule has 10 aromatic carbocycles. The van der Waals surface area contributed by atoms with Gasteiger partial charge in [-0.3, -0.25) is 0 Å². The Balaban J connectivity index is 1.01. The van der Waals surface area contributed by atoms with Crippen molar-refractivity contribution in [2.75, 3.05) is 4.90 Å². The summed E-state index contributed by atoms with van der Waals surface area (Å²) in [5.41, 5.74) is 14.5. The van der Waals surface area contributed by atoms with Gasteiger partial charge in [0, 0.05) is 27.7 Å². The summed E-state index contributed by atoms with van der Waals surface area (Å²) in [5, 5.41) is 7.34. The Hall–Kier alpha value is -7.68. The van der Waals surface area contributed by atoms with Crippen LogP contribution < -0.4 is 4.90 Å². The molecule has 0 bridgehead atoms. The third-order valence-corrected chi connectivity index (χ3v) is 11.5. The van der Waals surface area contributed by atoms with Gasteiger partial charge in [0.25, 0.3) is 0 Å². The number of anilines is 3. The number of hydrogen-bond donors (Lipinski definition) is 0. The van der Waals surface area contributed by atoms with Gasteiger partial charge < -0.3 is 9.32 Å². The lowest BCUT2D eigenvalue weighted by atomic mass is 9.94. The van der Waals surface area contributed by atoms with E-state index in [4.69, 9.17) is 4.42 Å². The zero-order chi connectivity index (χ0) is 38.4. The molecule has 0 N–H and O–H groups in total. The number of rotatable bonds is 7. The Morgan fingerprint density at radius 3 is 1.60 bits per heavy atom. The van der Waals surface area contributed by atoms with Crippen molar-refractivity contribution >= 4 is 60.5 Å². The molecular formula is C56H37NO. The predicted molar refractivity (Wildman–Crippen MR) is 245 cm³/mol. The summed E-state index contributed by atoms with van der Waals surface area (Å²) < 4.78 is 6.26. The van der Waals surface area contributed by atoms with Gasteiger partial charge in [-0.05, 0) is 109 Å². The molecule has 0 aliphatic carbocycles. The van der Waals surface area contributed by atoms with Crippen molar-refractivity contribution in [3.8, 4) is 44.5 Å². The van der Waals surface area contributed by atoms with Crippen LogP contribution in [0, 0.1) is 0 Å². The summed E-state index contributed by atoms with van der Waals surface area (Å²) in [6.45, 7) is 0.